The second-order valence-electron chi connectivity index (χ2n) is 8.99. The number of ether oxygens (including phenoxy) is 2. The van der Waals surface area contributed by atoms with Gasteiger partial charge in [-0.05, 0) is 37.8 Å². The highest BCUT2D eigenvalue weighted by atomic mass is 32.2. The van der Waals surface area contributed by atoms with Crippen molar-refractivity contribution in [3.8, 4) is 11.5 Å². The molecule has 32 heavy (non-hydrogen) atoms. The van der Waals surface area contributed by atoms with Crippen LogP contribution >= 0.6 is 0 Å². The Labute approximate surface area is 191 Å². The maximum absolute atomic E-state index is 13.1. The molecule has 0 N–H and O–H groups in total. The maximum Gasteiger partial charge on any atom is 0.243 e. The molecule has 1 aromatic carbocycles. The predicted molar refractivity (Wildman–Crippen MR) is 121 cm³/mol. The fourth-order valence-corrected chi connectivity index (χ4v) is 6.79. The summed E-state index contributed by atoms with van der Waals surface area (Å²) in [5, 5.41) is 0. The highest BCUT2D eigenvalue weighted by molar-refractivity contribution is 7.89. The number of sulfonamides is 1. The first-order valence-corrected chi connectivity index (χ1v) is 13.1. The highest BCUT2D eigenvalue weighted by Crippen LogP contribution is 2.32. The van der Waals surface area contributed by atoms with Crippen LogP contribution in [-0.2, 0) is 14.8 Å². The van der Waals surface area contributed by atoms with Crippen LogP contribution in [-0.4, -0.2) is 88.0 Å². The summed E-state index contributed by atoms with van der Waals surface area (Å²) in [6.07, 6.45) is 6.37. The molecule has 0 unspecified atom stereocenters. The van der Waals surface area contributed by atoms with Crippen molar-refractivity contribution in [2.24, 2.45) is 5.92 Å². The predicted octanol–water partition coefficient (Wildman–Crippen LogP) is 2.19. The molecule has 3 aliphatic rings. The lowest BCUT2D eigenvalue weighted by atomic mass is 9.96. The molecular formula is C23H35N3O5S. The Kier molecular flexibility index (Phi) is 7.27. The van der Waals surface area contributed by atoms with Gasteiger partial charge < -0.3 is 14.4 Å². The lowest BCUT2D eigenvalue weighted by Crippen LogP contribution is -2.53. The molecule has 0 atom stereocenters. The van der Waals surface area contributed by atoms with Gasteiger partial charge in [-0.25, -0.2) is 8.42 Å². The number of carbonyl (C=O) groups excluding carboxylic acids is 1. The van der Waals surface area contributed by atoms with E-state index in [0.717, 1.165) is 26.2 Å². The van der Waals surface area contributed by atoms with Gasteiger partial charge in [-0.3, -0.25) is 9.69 Å². The molecule has 9 heteroatoms. The molecule has 4 rings (SSSR count). The zero-order chi connectivity index (χ0) is 22.7. The number of hydrogen-bond donors (Lipinski definition) is 0. The minimum Gasteiger partial charge on any atom is -0.493 e. The molecule has 2 saturated heterocycles. The molecule has 0 bridgehead atoms. The Morgan fingerprint density at radius 2 is 1.50 bits per heavy atom. The molecule has 1 saturated carbocycles. The zero-order valence-corrected chi connectivity index (χ0v) is 20.0. The van der Waals surface area contributed by atoms with Crippen LogP contribution in [0.15, 0.2) is 23.1 Å². The smallest absolute Gasteiger partial charge is 0.243 e. The number of piperidine rings is 1. The third-order valence-electron chi connectivity index (χ3n) is 7.26. The first-order chi connectivity index (χ1) is 15.4. The molecule has 2 heterocycles. The summed E-state index contributed by atoms with van der Waals surface area (Å²) in [5.41, 5.74) is 0. The lowest BCUT2D eigenvalue weighted by molar-refractivity contribution is -0.138. The van der Waals surface area contributed by atoms with E-state index >= 15 is 0 Å². The van der Waals surface area contributed by atoms with Gasteiger partial charge in [0.25, 0.3) is 0 Å². The molecule has 0 radical (unpaired) electrons. The molecule has 1 aliphatic carbocycles. The fourth-order valence-electron chi connectivity index (χ4n) is 5.30. The van der Waals surface area contributed by atoms with E-state index in [2.05, 4.69) is 4.90 Å². The molecule has 0 aromatic heterocycles. The van der Waals surface area contributed by atoms with Crippen LogP contribution in [0.1, 0.15) is 38.5 Å². The van der Waals surface area contributed by atoms with Gasteiger partial charge in [-0.15, -0.1) is 0 Å². The first kappa shape index (κ1) is 23.3. The quantitative estimate of drug-likeness (QED) is 0.641. The van der Waals surface area contributed by atoms with E-state index < -0.39 is 10.0 Å². The number of benzene rings is 1. The van der Waals surface area contributed by atoms with E-state index in [1.54, 1.807) is 6.07 Å². The van der Waals surface area contributed by atoms with Crippen molar-refractivity contribution in [3.63, 3.8) is 0 Å². The summed E-state index contributed by atoms with van der Waals surface area (Å²) in [6, 6.07) is 5.34. The van der Waals surface area contributed by atoms with Crippen molar-refractivity contribution < 1.29 is 22.7 Å². The number of piperazine rings is 1. The summed E-state index contributed by atoms with van der Waals surface area (Å²) in [4.78, 5) is 17.8. The third-order valence-corrected chi connectivity index (χ3v) is 9.16. The standard InChI is InChI=1S/C23H35N3O5S/c1-30-21-8-7-20(17-22(21)31-2)32(28,29)26-11-9-18(10-12-26)23(27)25-15-13-24(14-16-25)19-5-3-4-6-19/h7-8,17-19H,3-6,9-16H2,1-2H3. The van der Waals surface area contributed by atoms with E-state index in [1.165, 1.54) is 56.3 Å². The molecular weight excluding hydrogens is 430 g/mol. The van der Waals surface area contributed by atoms with Gasteiger partial charge in [0.2, 0.25) is 15.9 Å². The van der Waals surface area contributed by atoms with Crippen LogP contribution in [0.4, 0.5) is 0 Å². The van der Waals surface area contributed by atoms with Crippen LogP contribution in [0.3, 0.4) is 0 Å². The molecule has 8 nitrogen and oxygen atoms in total. The van der Waals surface area contributed by atoms with Gasteiger partial charge in [0.1, 0.15) is 0 Å². The van der Waals surface area contributed by atoms with Crippen molar-refractivity contribution in [3.05, 3.63) is 18.2 Å². The fraction of sp³-hybridized carbons (Fsp3) is 0.696. The Morgan fingerprint density at radius 3 is 2.09 bits per heavy atom. The van der Waals surface area contributed by atoms with Gasteiger partial charge in [0.05, 0.1) is 19.1 Å². The number of nitrogens with zero attached hydrogens (tertiary/aromatic N) is 3. The summed E-state index contributed by atoms with van der Waals surface area (Å²) in [5.74, 6) is 0.975. The second kappa shape index (κ2) is 9.97. The minimum absolute atomic E-state index is 0.0927. The van der Waals surface area contributed by atoms with Crippen molar-refractivity contribution >= 4 is 15.9 Å². The number of carbonyl (C=O) groups is 1. The van der Waals surface area contributed by atoms with Gasteiger partial charge in [0.15, 0.2) is 11.5 Å². The Morgan fingerprint density at radius 1 is 0.875 bits per heavy atom. The van der Waals surface area contributed by atoms with Gasteiger partial charge in [0, 0.05) is 57.3 Å². The minimum atomic E-state index is -3.64. The van der Waals surface area contributed by atoms with Crippen molar-refractivity contribution in [2.45, 2.75) is 49.5 Å². The zero-order valence-electron chi connectivity index (χ0n) is 19.2. The molecule has 178 valence electrons. The molecule has 1 aromatic rings. The monoisotopic (exact) mass is 465 g/mol. The Balaban J connectivity index is 1.32. The van der Waals surface area contributed by atoms with Crippen molar-refractivity contribution in [2.75, 3.05) is 53.5 Å². The van der Waals surface area contributed by atoms with Crippen molar-refractivity contribution in [1.29, 1.82) is 0 Å². The molecule has 2 aliphatic heterocycles. The van der Waals surface area contributed by atoms with Crippen molar-refractivity contribution in [1.82, 2.24) is 14.1 Å². The summed E-state index contributed by atoms with van der Waals surface area (Å²) in [6.45, 7) is 4.22. The van der Waals surface area contributed by atoms with E-state index in [9.17, 15) is 13.2 Å². The van der Waals surface area contributed by atoms with Crippen LogP contribution in [0, 0.1) is 5.92 Å². The largest absolute Gasteiger partial charge is 0.493 e. The summed E-state index contributed by atoms with van der Waals surface area (Å²) in [7, 11) is -0.643. The third kappa shape index (κ3) is 4.75. The van der Waals surface area contributed by atoms with E-state index in [1.807, 2.05) is 4.90 Å². The Bertz CT molecular complexity index is 900. The van der Waals surface area contributed by atoms with Crippen LogP contribution in [0.25, 0.3) is 0 Å². The van der Waals surface area contributed by atoms with Gasteiger partial charge >= 0.3 is 0 Å². The lowest BCUT2D eigenvalue weighted by Gasteiger charge is -2.40. The second-order valence-corrected chi connectivity index (χ2v) is 10.9. The summed E-state index contributed by atoms with van der Waals surface area (Å²) < 4.78 is 38.2. The molecule has 3 fully saturated rings. The van der Waals surface area contributed by atoms with Crippen LogP contribution in [0.5, 0.6) is 11.5 Å². The van der Waals surface area contributed by atoms with Gasteiger partial charge in [-0.1, -0.05) is 12.8 Å². The Hall–Kier alpha value is -1.84. The number of amides is 1. The number of rotatable bonds is 6. The SMILES string of the molecule is COc1ccc(S(=O)(=O)N2CCC(C(=O)N3CCN(C4CCCC4)CC3)CC2)cc1OC. The topological polar surface area (TPSA) is 79.4 Å². The number of hydrogen-bond acceptors (Lipinski definition) is 6. The van der Waals surface area contributed by atoms with E-state index in [0.29, 0.717) is 43.5 Å². The van der Waals surface area contributed by atoms with Gasteiger partial charge in [-0.2, -0.15) is 4.31 Å². The maximum atomic E-state index is 13.1. The highest BCUT2D eigenvalue weighted by Gasteiger charge is 2.35. The average Bonchev–Trinajstić information content (AvgIpc) is 3.38. The first-order valence-electron chi connectivity index (χ1n) is 11.7. The van der Waals surface area contributed by atoms with Crippen LogP contribution < -0.4 is 9.47 Å². The normalized spacial score (nSPS) is 22.2. The number of methoxy groups -OCH3 is 2. The molecule has 0 spiro atoms. The van der Waals surface area contributed by atoms with Crippen LogP contribution in [0.2, 0.25) is 0 Å². The summed E-state index contributed by atoms with van der Waals surface area (Å²) >= 11 is 0. The van der Waals surface area contributed by atoms with E-state index in [-0.39, 0.29) is 16.7 Å². The average molecular weight is 466 g/mol. The van der Waals surface area contributed by atoms with E-state index in [4.69, 9.17) is 9.47 Å². The molecule has 1 amide bonds.